The maximum Gasteiger partial charge on any atom is 0.142 e. The standard InChI is InChI=1S/C13H15ClN4O/c1-18(2)13-7-12(15-8-16-13)17-10-6-9(14)4-5-11(10)19-3/h4-8H,1-3H3,(H,15,16,17). The van der Waals surface area contributed by atoms with Crippen molar-refractivity contribution in [3.8, 4) is 5.75 Å². The highest BCUT2D eigenvalue weighted by atomic mass is 35.5. The summed E-state index contributed by atoms with van der Waals surface area (Å²) >= 11 is 5.99. The monoisotopic (exact) mass is 278 g/mol. The average Bonchev–Trinajstić information content (AvgIpc) is 2.39. The fourth-order valence-electron chi connectivity index (χ4n) is 1.58. The lowest BCUT2D eigenvalue weighted by Crippen LogP contribution is -2.11. The highest BCUT2D eigenvalue weighted by molar-refractivity contribution is 6.31. The average molecular weight is 279 g/mol. The van der Waals surface area contributed by atoms with Crippen LogP contribution in [0, 0.1) is 0 Å². The molecule has 0 aliphatic carbocycles. The molecule has 0 saturated carbocycles. The molecule has 2 aromatic rings. The zero-order valence-corrected chi connectivity index (χ0v) is 11.8. The van der Waals surface area contributed by atoms with Crippen molar-refractivity contribution >= 4 is 28.9 Å². The maximum atomic E-state index is 5.99. The van der Waals surface area contributed by atoms with Crippen LogP contribution in [0.3, 0.4) is 0 Å². The van der Waals surface area contributed by atoms with Gasteiger partial charge in [-0.25, -0.2) is 9.97 Å². The summed E-state index contributed by atoms with van der Waals surface area (Å²) in [6.45, 7) is 0. The predicted molar refractivity (Wildman–Crippen MR) is 77.6 cm³/mol. The molecule has 0 saturated heterocycles. The molecule has 0 unspecified atom stereocenters. The summed E-state index contributed by atoms with van der Waals surface area (Å²) in [6, 6.07) is 7.22. The second kappa shape index (κ2) is 5.75. The lowest BCUT2D eigenvalue weighted by molar-refractivity contribution is 0.417. The molecule has 1 aromatic heterocycles. The number of ether oxygens (including phenoxy) is 1. The third-order valence-corrected chi connectivity index (χ3v) is 2.77. The Hall–Kier alpha value is -2.01. The number of halogens is 1. The van der Waals surface area contributed by atoms with Crippen molar-refractivity contribution in [3.05, 3.63) is 35.6 Å². The summed E-state index contributed by atoms with van der Waals surface area (Å²) in [4.78, 5) is 10.2. The molecule has 0 amide bonds. The number of aromatic nitrogens is 2. The quantitative estimate of drug-likeness (QED) is 0.932. The van der Waals surface area contributed by atoms with Gasteiger partial charge in [0.1, 0.15) is 23.7 Å². The summed E-state index contributed by atoms with van der Waals surface area (Å²) in [7, 11) is 5.46. The first-order chi connectivity index (χ1) is 9.10. The first-order valence-corrected chi connectivity index (χ1v) is 6.08. The van der Waals surface area contributed by atoms with Crippen molar-refractivity contribution in [2.24, 2.45) is 0 Å². The predicted octanol–water partition coefficient (Wildman–Crippen LogP) is 2.95. The van der Waals surface area contributed by atoms with E-state index in [1.165, 1.54) is 6.33 Å². The van der Waals surface area contributed by atoms with Crippen molar-refractivity contribution in [2.45, 2.75) is 0 Å². The first kappa shape index (κ1) is 13.4. The minimum absolute atomic E-state index is 0.630. The van der Waals surface area contributed by atoms with E-state index in [1.54, 1.807) is 25.3 Å². The van der Waals surface area contributed by atoms with E-state index in [0.29, 0.717) is 16.6 Å². The highest BCUT2D eigenvalue weighted by Crippen LogP contribution is 2.30. The van der Waals surface area contributed by atoms with Crippen LogP contribution in [0.25, 0.3) is 0 Å². The SMILES string of the molecule is COc1ccc(Cl)cc1Nc1cc(N(C)C)ncn1. The minimum Gasteiger partial charge on any atom is -0.495 e. The molecule has 0 atom stereocenters. The molecule has 0 radical (unpaired) electrons. The molecule has 1 aromatic carbocycles. The van der Waals surface area contributed by atoms with Gasteiger partial charge in [0.25, 0.3) is 0 Å². The summed E-state index contributed by atoms with van der Waals surface area (Å²) in [5.74, 6) is 2.20. The molecule has 5 nitrogen and oxygen atoms in total. The molecule has 100 valence electrons. The molecule has 1 N–H and O–H groups in total. The van der Waals surface area contributed by atoms with Gasteiger partial charge in [0.15, 0.2) is 0 Å². The first-order valence-electron chi connectivity index (χ1n) is 5.70. The van der Waals surface area contributed by atoms with Crippen molar-refractivity contribution < 1.29 is 4.74 Å². The van der Waals surface area contributed by atoms with Crippen LogP contribution in [-0.2, 0) is 0 Å². The molecular weight excluding hydrogens is 264 g/mol. The van der Waals surface area contributed by atoms with Crippen LogP contribution in [0.5, 0.6) is 5.75 Å². The number of hydrogen-bond acceptors (Lipinski definition) is 5. The Morgan fingerprint density at radius 3 is 2.68 bits per heavy atom. The molecule has 0 bridgehead atoms. The van der Waals surface area contributed by atoms with Crippen LogP contribution in [0.4, 0.5) is 17.3 Å². The van der Waals surface area contributed by atoms with E-state index < -0.39 is 0 Å². The zero-order chi connectivity index (χ0) is 13.8. The maximum absolute atomic E-state index is 5.99. The molecule has 0 fully saturated rings. The Morgan fingerprint density at radius 1 is 1.21 bits per heavy atom. The number of anilines is 3. The number of benzene rings is 1. The second-order valence-electron chi connectivity index (χ2n) is 4.13. The number of methoxy groups -OCH3 is 1. The van der Waals surface area contributed by atoms with Crippen molar-refractivity contribution in [2.75, 3.05) is 31.4 Å². The van der Waals surface area contributed by atoms with E-state index in [9.17, 15) is 0 Å². The Morgan fingerprint density at radius 2 is 2.00 bits per heavy atom. The second-order valence-corrected chi connectivity index (χ2v) is 4.56. The van der Waals surface area contributed by atoms with E-state index in [4.69, 9.17) is 16.3 Å². The molecule has 2 rings (SSSR count). The van der Waals surface area contributed by atoms with E-state index in [-0.39, 0.29) is 0 Å². The van der Waals surface area contributed by atoms with Crippen molar-refractivity contribution in [1.82, 2.24) is 9.97 Å². The minimum atomic E-state index is 0.630. The lowest BCUT2D eigenvalue weighted by Gasteiger charge is -2.14. The van der Waals surface area contributed by atoms with Gasteiger partial charge in [0.2, 0.25) is 0 Å². The normalized spacial score (nSPS) is 10.1. The number of nitrogens with zero attached hydrogens (tertiary/aromatic N) is 3. The van der Waals surface area contributed by atoms with Crippen molar-refractivity contribution in [3.63, 3.8) is 0 Å². The number of rotatable bonds is 4. The molecule has 6 heteroatoms. The Balaban J connectivity index is 2.30. The fraction of sp³-hybridized carbons (Fsp3) is 0.231. The van der Waals surface area contributed by atoms with Crippen LogP contribution < -0.4 is 15.0 Å². The number of nitrogens with one attached hydrogen (secondary N) is 1. The van der Waals surface area contributed by atoms with E-state index in [2.05, 4.69) is 15.3 Å². The molecule has 0 aliphatic heterocycles. The van der Waals surface area contributed by atoms with Gasteiger partial charge < -0.3 is 15.0 Å². The number of hydrogen-bond donors (Lipinski definition) is 1. The highest BCUT2D eigenvalue weighted by Gasteiger charge is 2.06. The Kier molecular flexibility index (Phi) is 4.06. The molecular formula is C13H15ClN4O. The zero-order valence-electron chi connectivity index (χ0n) is 11.0. The smallest absolute Gasteiger partial charge is 0.142 e. The van der Waals surface area contributed by atoms with Gasteiger partial charge in [-0.3, -0.25) is 0 Å². The molecule has 19 heavy (non-hydrogen) atoms. The Labute approximate surface area is 117 Å². The van der Waals surface area contributed by atoms with Crippen LogP contribution >= 0.6 is 11.6 Å². The fourth-order valence-corrected chi connectivity index (χ4v) is 1.75. The largest absolute Gasteiger partial charge is 0.495 e. The van der Waals surface area contributed by atoms with Gasteiger partial charge in [0.05, 0.1) is 12.8 Å². The summed E-state index contributed by atoms with van der Waals surface area (Å²) in [6.07, 6.45) is 1.51. The van der Waals surface area contributed by atoms with Gasteiger partial charge >= 0.3 is 0 Å². The van der Waals surface area contributed by atoms with Crippen LogP contribution in [0.15, 0.2) is 30.6 Å². The third kappa shape index (κ3) is 3.26. The van der Waals surface area contributed by atoms with Gasteiger partial charge in [0, 0.05) is 25.2 Å². The van der Waals surface area contributed by atoms with Crippen LogP contribution in [0.2, 0.25) is 5.02 Å². The molecule has 0 spiro atoms. The summed E-state index contributed by atoms with van der Waals surface area (Å²) in [5, 5.41) is 3.80. The summed E-state index contributed by atoms with van der Waals surface area (Å²) in [5.41, 5.74) is 0.762. The van der Waals surface area contributed by atoms with Crippen LogP contribution in [-0.4, -0.2) is 31.2 Å². The summed E-state index contributed by atoms with van der Waals surface area (Å²) < 4.78 is 5.28. The molecule has 0 aliphatic rings. The van der Waals surface area contributed by atoms with Gasteiger partial charge in [-0.2, -0.15) is 0 Å². The molecule has 1 heterocycles. The van der Waals surface area contributed by atoms with Gasteiger partial charge in [-0.15, -0.1) is 0 Å². The van der Waals surface area contributed by atoms with Crippen molar-refractivity contribution in [1.29, 1.82) is 0 Å². The van der Waals surface area contributed by atoms with Gasteiger partial charge in [-0.1, -0.05) is 11.6 Å². The van der Waals surface area contributed by atoms with Gasteiger partial charge in [-0.05, 0) is 18.2 Å². The van der Waals surface area contributed by atoms with E-state index >= 15 is 0 Å². The van der Waals surface area contributed by atoms with E-state index in [1.807, 2.05) is 25.1 Å². The lowest BCUT2D eigenvalue weighted by atomic mass is 10.3. The van der Waals surface area contributed by atoms with E-state index in [0.717, 1.165) is 11.5 Å². The van der Waals surface area contributed by atoms with Crippen LogP contribution in [0.1, 0.15) is 0 Å². The Bertz CT molecular complexity index is 574. The third-order valence-electron chi connectivity index (χ3n) is 2.54. The topological polar surface area (TPSA) is 50.3 Å².